The fourth-order valence-corrected chi connectivity index (χ4v) is 0.799. The van der Waals surface area contributed by atoms with Crippen molar-refractivity contribution < 1.29 is 0 Å². The Morgan fingerprint density at radius 3 is 2.36 bits per heavy atom. The van der Waals surface area contributed by atoms with Crippen molar-refractivity contribution in [1.82, 2.24) is 0 Å². The smallest absolute Gasteiger partial charge is 0.0550 e. The zero-order valence-corrected chi connectivity index (χ0v) is 5.94. The third-order valence-corrected chi connectivity index (χ3v) is 1.38. The summed E-state index contributed by atoms with van der Waals surface area (Å²) in [6.07, 6.45) is 4.44. The Labute approximate surface area is 63.8 Å². The maximum Gasteiger partial charge on any atom is 0.0550 e. The van der Waals surface area contributed by atoms with Gasteiger partial charge in [0.25, 0.3) is 0 Å². The Hall–Kier alpha value is -1.58. The lowest BCUT2D eigenvalue weighted by molar-refractivity contribution is 1.50. The highest BCUT2D eigenvalue weighted by atomic mass is 16.4. The first-order valence-corrected chi connectivity index (χ1v) is 3.05. The molecular weight excluding hydrogens is 144 g/mol. The molecule has 0 amide bonds. The fourth-order valence-electron chi connectivity index (χ4n) is 0.799. The van der Waals surface area contributed by atoms with Crippen LogP contribution >= 0.6 is 0 Å². The summed E-state index contributed by atoms with van der Waals surface area (Å²) in [5.41, 5.74) is 1.32. The van der Waals surface area contributed by atoms with E-state index in [1.165, 1.54) is 18.2 Å². The maximum atomic E-state index is 10.1. The van der Waals surface area contributed by atoms with E-state index in [0.717, 1.165) is 0 Å². The second kappa shape index (κ2) is 3.01. The Bertz CT molecular complexity index is 274. The van der Waals surface area contributed by atoms with Crippen molar-refractivity contribution in [1.29, 1.82) is 0 Å². The van der Waals surface area contributed by atoms with Crippen molar-refractivity contribution in [2.45, 2.75) is 6.92 Å². The van der Waals surface area contributed by atoms with E-state index in [0.29, 0.717) is 17.0 Å². The van der Waals surface area contributed by atoms with Gasteiger partial charge >= 0.3 is 0 Å². The zero-order chi connectivity index (χ0) is 8.27. The number of rotatable bonds is 0. The molecule has 0 aromatic rings. The summed E-state index contributed by atoms with van der Waals surface area (Å²) in [5, 5.41) is 25.5. The van der Waals surface area contributed by atoms with E-state index >= 15 is 0 Å². The lowest BCUT2D eigenvalue weighted by Gasteiger charge is -2.10. The average molecular weight is 150 g/mol. The van der Waals surface area contributed by atoms with Crippen LogP contribution in [0.3, 0.4) is 0 Å². The molecule has 58 valence electrons. The molecule has 11 heavy (non-hydrogen) atoms. The number of hydrogen-bond acceptors (Lipinski definition) is 4. The Morgan fingerprint density at radius 1 is 1.18 bits per heavy atom. The lowest BCUT2D eigenvalue weighted by atomic mass is 10.0. The molecule has 0 unspecified atom stereocenters. The van der Waals surface area contributed by atoms with Crippen LogP contribution in [-0.2, 0) is 0 Å². The number of allylic oxidation sites excluding steroid dienone is 4. The molecule has 0 spiro atoms. The van der Waals surface area contributed by atoms with Gasteiger partial charge < -0.3 is 20.7 Å². The third kappa shape index (κ3) is 1.46. The normalized spacial score (nSPS) is 24.3. The quantitative estimate of drug-likeness (QED) is 0.386. The van der Waals surface area contributed by atoms with Gasteiger partial charge in [0, 0.05) is 0 Å². The van der Waals surface area contributed by atoms with Crippen LogP contribution in [0.4, 0.5) is 0 Å². The summed E-state index contributed by atoms with van der Waals surface area (Å²) < 4.78 is 0. The van der Waals surface area contributed by atoms with E-state index < -0.39 is 0 Å². The maximum absolute atomic E-state index is 10.1. The third-order valence-electron chi connectivity index (χ3n) is 1.38. The predicted molar refractivity (Wildman–Crippen MR) is 44.5 cm³/mol. The summed E-state index contributed by atoms with van der Waals surface area (Å²) in [6, 6.07) is 0. The van der Waals surface area contributed by atoms with Crippen molar-refractivity contribution in [3.63, 3.8) is 0 Å². The molecule has 0 aromatic heterocycles. The van der Waals surface area contributed by atoms with Crippen LogP contribution in [0.2, 0.25) is 0 Å². The van der Waals surface area contributed by atoms with Crippen LogP contribution in [0, 0.1) is 10.4 Å². The summed E-state index contributed by atoms with van der Waals surface area (Å²) in [5.74, 6) is 0. The van der Waals surface area contributed by atoms with Crippen LogP contribution < -0.4 is 0 Å². The molecule has 1 rings (SSSR count). The van der Waals surface area contributed by atoms with Gasteiger partial charge in [0.05, 0.1) is 11.4 Å². The van der Waals surface area contributed by atoms with Gasteiger partial charge in [-0.25, -0.2) is 0 Å². The molecule has 4 nitrogen and oxygen atoms in total. The number of hydrogen-bond donors (Lipinski definition) is 0. The van der Waals surface area contributed by atoms with Gasteiger partial charge in [0.2, 0.25) is 0 Å². The molecule has 4 heteroatoms. The van der Waals surface area contributed by atoms with Crippen molar-refractivity contribution in [3.05, 3.63) is 34.2 Å². The molecule has 1 aliphatic rings. The van der Waals surface area contributed by atoms with E-state index in [1.807, 2.05) is 0 Å². The van der Waals surface area contributed by atoms with E-state index in [4.69, 9.17) is 0 Å². The standard InChI is InChI=1S/C7H8N2O2/c1-5-4-6(8-10)2-3-7(5)9-11/h2-4,10-11H,1H3/p-2/b8-6+,9-7-. The van der Waals surface area contributed by atoms with Gasteiger partial charge in [-0.05, 0) is 30.7 Å². The highest BCUT2D eigenvalue weighted by Gasteiger charge is 2.01. The summed E-state index contributed by atoms with van der Waals surface area (Å²) in [4.78, 5) is 0. The van der Waals surface area contributed by atoms with Gasteiger partial charge in [-0.1, -0.05) is 0 Å². The van der Waals surface area contributed by atoms with Crippen LogP contribution in [0.15, 0.2) is 34.1 Å². The fraction of sp³-hybridized carbons (Fsp3) is 0.143. The molecule has 0 heterocycles. The molecule has 0 aliphatic heterocycles. The van der Waals surface area contributed by atoms with Crippen LogP contribution in [0.5, 0.6) is 0 Å². The second-order valence-electron chi connectivity index (χ2n) is 2.15. The molecule has 1 aliphatic carbocycles. The first-order chi connectivity index (χ1) is 5.27. The molecule has 0 bridgehead atoms. The molecule has 0 N–H and O–H groups in total. The Balaban J connectivity index is 2.97. The summed E-state index contributed by atoms with van der Waals surface area (Å²) >= 11 is 0. The van der Waals surface area contributed by atoms with Gasteiger partial charge in [-0.15, -0.1) is 0 Å². The molecule has 0 atom stereocenters. The van der Waals surface area contributed by atoms with Crippen molar-refractivity contribution in [3.8, 4) is 0 Å². The Kier molecular flexibility index (Phi) is 2.06. The minimum atomic E-state index is 0.315. The zero-order valence-electron chi connectivity index (χ0n) is 5.94. The largest absolute Gasteiger partial charge is 0.792 e. The summed E-state index contributed by atoms with van der Waals surface area (Å²) in [6.45, 7) is 1.70. The van der Waals surface area contributed by atoms with Crippen LogP contribution in [0.1, 0.15) is 6.92 Å². The van der Waals surface area contributed by atoms with E-state index in [1.54, 1.807) is 6.92 Å². The van der Waals surface area contributed by atoms with Gasteiger partial charge in [-0.3, -0.25) is 0 Å². The number of nitrogens with zero attached hydrogens (tertiary/aromatic N) is 2. The Morgan fingerprint density at radius 2 is 1.91 bits per heavy atom. The van der Waals surface area contributed by atoms with Crippen LogP contribution in [-0.4, -0.2) is 11.4 Å². The SMILES string of the molecule is CC1=CC(=N/[O-])/C=CC/1=N/[O-]. The van der Waals surface area contributed by atoms with Gasteiger partial charge in [-0.2, -0.15) is 0 Å². The predicted octanol–water partition coefficient (Wildman–Crippen LogP) is 1.38. The van der Waals surface area contributed by atoms with Gasteiger partial charge in [0.15, 0.2) is 0 Å². The van der Waals surface area contributed by atoms with E-state index in [9.17, 15) is 10.4 Å². The van der Waals surface area contributed by atoms with Crippen LogP contribution in [0.25, 0.3) is 0 Å². The molecular formula is C7H6N2O2-2. The second-order valence-corrected chi connectivity index (χ2v) is 2.15. The van der Waals surface area contributed by atoms with E-state index in [2.05, 4.69) is 10.3 Å². The first-order valence-electron chi connectivity index (χ1n) is 3.05. The van der Waals surface area contributed by atoms with Crippen molar-refractivity contribution >= 4 is 11.4 Å². The lowest BCUT2D eigenvalue weighted by Crippen LogP contribution is -2.04. The minimum Gasteiger partial charge on any atom is -0.792 e. The monoisotopic (exact) mass is 150 g/mol. The van der Waals surface area contributed by atoms with Crippen molar-refractivity contribution in [2.24, 2.45) is 10.3 Å². The first kappa shape index (κ1) is 7.53. The van der Waals surface area contributed by atoms with Gasteiger partial charge in [0.1, 0.15) is 0 Å². The molecule has 0 fully saturated rings. The molecule has 0 saturated heterocycles. The van der Waals surface area contributed by atoms with Crippen molar-refractivity contribution in [2.75, 3.05) is 0 Å². The molecule has 0 radical (unpaired) electrons. The molecule has 0 saturated carbocycles. The minimum absolute atomic E-state index is 0.315. The van der Waals surface area contributed by atoms with E-state index in [-0.39, 0.29) is 0 Å². The highest BCUT2D eigenvalue weighted by Crippen LogP contribution is 2.06. The summed E-state index contributed by atoms with van der Waals surface area (Å²) in [7, 11) is 0. The highest BCUT2D eigenvalue weighted by molar-refractivity contribution is 6.21. The average Bonchev–Trinajstić information content (AvgIpc) is 2.04. The molecule has 0 aromatic carbocycles. The topological polar surface area (TPSA) is 70.8 Å².